The minimum atomic E-state index is -1.66. The summed E-state index contributed by atoms with van der Waals surface area (Å²) in [5, 5.41) is 22.8. The van der Waals surface area contributed by atoms with E-state index in [-0.39, 0.29) is 17.0 Å². The Bertz CT molecular complexity index is 5070. The number of carbonyl (C=O) groups is 2. The van der Waals surface area contributed by atoms with Gasteiger partial charge in [0.15, 0.2) is 11.6 Å². The third-order valence-corrected chi connectivity index (χ3v) is 17.0. The maximum atomic E-state index is 12.8. The van der Waals surface area contributed by atoms with Crippen molar-refractivity contribution < 1.29 is 29.1 Å². The van der Waals surface area contributed by atoms with Crippen LogP contribution in [0.3, 0.4) is 0 Å². The van der Waals surface area contributed by atoms with Gasteiger partial charge in [0.1, 0.15) is 11.6 Å². The van der Waals surface area contributed by atoms with Crippen molar-refractivity contribution in [1.29, 1.82) is 0 Å². The van der Waals surface area contributed by atoms with E-state index in [1.165, 1.54) is 31.9 Å². The molecule has 16 rings (SSSR count). The SMILES string of the molecule is COC(=O)c1ccccc1-c1ccc2c3c(cccc13)N(c1cc(-c3ccccc3)nc(-c3ccccc3)n1)c1ccccc1-2.COC(=O)c1ccccc1B(O)O.Clc1ccc2c3c(cccc13)N(c1cc(-c3ccccc3)nc(-c3ccccc3)n1)c1ccccc1-2. The van der Waals surface area contributed by atoms with Crippen molar-refractivity contribution in [3.8, 4) is 78.7 Å². The van der Waals surface area contributed by atoms with Gasteiger partial charge in [-0.1, -0.05) is 248 Å². The predicted octanol–water partition coefficient (Wildman–Crippen LogP) is 18.1. The molecule has 0 bridgehead atoms. The quantitative estimate of drug-likeness (QED) is 0.0991. The van der Waals surface area contributed by atoms with Crippen LogP contribution in [0.2, 0.25) is 5.02 Å². The highest BCUT2D eigenvalue weighted by atomic mass is 35.5. The van der Waals surface area contributed by atoms with E-state index in [0.29, 0.717) is 17.2 Å². The predicted molar refractivity (Wildman–Crippen MR) is 378 cm³/mol. The van der Waals surface area contributed by atoms with Gasteiger partial charge in [0, 0.05) is 66.7 Å². The number of halogens is 1. The molecule has 0 atom stereocenters. The maximum absolute atomic E-state index is 12.8. The first-order chi connectivity index (χ1) is 46.1. The number of hydrogen-bond acceptors (Lipinski definition) is 12. The molecule has 2 aliphatic heterocycles. The van der Waals surface area contributed by atoms with Crippen LogP contribution in [-0.4, -0.2) is 63.3 Å². The van der Waals surface area contributed by atoms with Crippen LogP contribution in [0.15, 0.2) is 291 Å². The first-order valence-corrected chi connectivity index (χ1v) is 30.8. The summed E-state index contributed by atoms with van der Waals surface area (Å²) in [7, 11) is 0.999. The normalized spacial score (nSPS) is 11.5. The largest absolute Gasteiger partial charge is 0.489 e. The summed E-state index contributed by atoms with van der Waals surface area (Å²) in [6.07, 6.45) is 0. The number of benzene rings is 12. The Morgan fingerprint density at radius 1 is 0.362 bits per heavy atom. The van der Waals surface area contributed by atoms with Crippen LogP contribution in [-0.2, 0) is 9.47 Å². The highest BCUT2D eigenvalue weighted by Gasteiger charge is 2.31. The molecule has 12 aromatic carbocycles. The fourth-order valence-electron chi connectivity index (χ4n) is 12.4. The van der Waals surface area contributed by atoms with Gasteiger partial charge < -0.3 is 19.5 Å². The minimum Gasteiger partial charge on any atom is -0.465 e. The number of hydrogen-bond donors (Lipinski definition) is 2. The summed E-state index contributed by atoms with van der Waals surface area (Å²) in [6.45, 7) is 0. The molecule has 0 amide bonds. The van der Waals surface area contributed by atoms with Gasteiger partial charge >= 0.3 is 19.1 Å². The van der Waals surface area contributed by atoms with E-state index in [2.05, 4.69) is 154 Å². The first-order valence-electron chi connectivity index (χ1n) is 30.4. The summed E-state index contributed by atoms with van der Waals surface area (Å²) in [5.41, 5.74) is 17.1. The Hall–Kier alpha value is -11.9. The average molecular weight is 1240 g/mol. The van der Waals surface area contributed by atoms with Crippen LogP contribution >= 0.6 is 11.6 Å². The summed E-state index contributed by atoms with van der Waals surface area (Å²) < 4.78 is 9.61. The van der Waals surface area contributed by atoms with Gasteiger partial charge in [-0.15, -0.1) is 0 Å². The van der Waals surface area contributed by atoms with E-state index in [1.54, 1.807) is 12.1 Å². The Labute approximate surface area is 548 Å². The highest BCUT2D eigenvalue weighted by Crippen LogP contribution is 2.54. The lowest BCUT2D eigenvalue weighted by molar-refractivity contribution is 0.0593. The smallest absolute Gasteiger partial charge is 0.465 e. The van der Waals surface area contributed by atoms with Crippen molar-refractivity contribution in [3.63, 3.8) is 0 Å². The number of nitrogens with zero attached hydrogens (tertiary/aromatic N) is 6. The molecule has 0 unspecified atom stereocenters. The van der Waals surface area contributed by atoms with Gasteiger partial charge in [-0.2, -0.15) is 0 Å². The van der Waals surface area contributed by atoms with E-state index < -0.39 is 13.1 Å². The van der Waals surface area contributed by atoms with Gasteiger partial charge in [-0.3, -0.25) is 9.80 Å². The molecular formula is C80H56BClN6O6. The zero-order valence-corrected chi connectivity index (χ0v) is 51.6. The number of fused-ring (bicyclic) bond motifs is 4. The van der Waals surface area contributed by atoms with Crippen molar-refractivity contribution in [2.45, 2.75) is 0 Å². The molecule has 2 aliphatic rings. The second kappa shape index (κ2) is 26.2. The van der Waals surface area contributed by atoms with E-state index in [0.717, 1.165) is 122 Å². The number of anilines is 6. The Morgan fingerprint density at radius 2 is 0.745 bits per heavy atom. The molecule has 0 radical (unpaired) electrons. The zero-order chi connectivity index (χ0) is 64.2. The highest BCUT2D eigenvalue weighted by molar-refractivity contribution is 6.60. The molecule has 0 aliphatic carbocycles. The van der Waals surface area contributed by atoms with Crippen LogP contribution in [0.5, 0.6) is 0 Å². The maximum Gasteiger partial charge on any atom is 0.489 e. The number of para-hydroxylation sites is 2. The van der Waals surface area contributed by atoms with Crippen LogP contribution in [0.4, 0.5) is 34.4 Å². The zero-order valence-electron chi connectivity index (χ0n) is 50.9. The fourth-order valence-corrected chi connectivity index (χ4v) is 12.6. The molecule has 2 aromatic heterocycles. The van der Waals surface area contributed by atoms with Gasteiger partial charge in [-0.25, -0.2) is 29.5 Å². The number of rotatable bonds is 10. The third kappa shape index (κ3) is 11.4. The molecule has 452 valence electrons. The lowest BCUT2D eigenvalue weighted by atomic mass is 9.77. The average Bonchev–Trinajstić information content (AvgIpc) is 0.730. The molecule has 4 heterocycles. The van der Waals surface area contributed by atoms with E-state index in [9.17, 15) is 9.59 Å². The Kier molecular flexibility index (Phi) is 16.6. The lowest BCUT2D eigenvalue weighted by Gasteiger charge is -2.33. The molecule has 94 heavy (non-hydrogen) atoms. The molecule has 0 saturated heterocycles. The van der Waals surface area contributed by atoms with Crippen molar-refractivity contribution >= 4 is 92.1 Å². The van der Waals surface area contributed by atoms with Crippen LogP contribution < -0.4 is 15.3 Å². The van der Waals surface area contributed by atoms with Gasteiger partial charge in [0.05, 0.1) is 59.5 Å². The lowest BCUT2D eigenvalue weighted by Crippen LogP contribution is -2.34. The third-order valence-electron chi connectivity index (χ3n) is 16.7. The van der Waals surface area contributed by atoms with Crippen molar-refractivity contribution in [2.75, 3.05) is 24.0 Å². The first kappa shape index (κ1) is 59.7. The topological polar surface area (TPSA) is 151 Å². The summed E-state index contributed by atoms with van der Waals surface area (Å²) in [5.74, 6) is 1.99. The van der Waals surface area contributed by atoms with Crippen molar-refractivity contribution in [1.82, 2.24) is 19.9 Å². The molecule has 0 saturated carbocycles. The molecule has 14 heteroatoms. The van der Waals surface area contributed by atoms with Gasteiger partial charge in [-0.05, 0) is 75.6 Å². The second-order valence-corrected chi connectivity index (χ2v) is 22.6. The number of esters is 2. The Balaban J connectivity index is 0.000000139. The van der Waals surface area contributed by atoms with Crippen LogP contribution in [0.25, 0.3) is 100 Å². The number of aromatic nitrogens is 4. The molecular weight excluding hydrogens is 1190 g/mol. The van der Waals surface area contributed by atoms with Gasteiger partial charge in [0.2, 0.25) is 0 Å². The van der Waals surface area contributed by atoms with E-state index in [4.69, 9.17) is 46.3 Å². The van der Waals surface area contributed by atoms with E-state index in [1.807, 2.05) is 127 Å². The molecule has 2 N–H and O–H groups in total. The molecule has 14 aromatic rings. The molecule has 0 spiro atoms. The van der Waals surface area contributed by atoms with Gasteiger partial charge in [0.25, 0.3) is 0 Å². The fraction of sp³-hybridized carbons (Fsp3) is 0.0250. The van der Waals surface area contributed by atoms with Crippen LogP contribution in [0, 0.1) is 0 Å². The van der Waals surface area contributed by atoms with E-state index >= 15 is 0 Å². The standard InChI is InChI=1S/C40H27N3O2.C32H20ClN3.C8H9BO4/c1-45-40(44)33-19-9-8-17-28(33)29-23-24-32-30-18-10-11-21-35(30)43(36-22-12-20-31(29)38(32)36)37-25-34(26-13-4-2-5-14-26)41-39(42-37)27-15-6-3-7-16-27;33-26-19-18-24-23-14-7-8-16-28(23)36(29-17-9-15-25(26)31(24)29)30-20-27(21-10-3-1-4-11-21)34-32(35-30)22-12-5-2-6-13-22;1-13-8(10)6-4-2-3-5-7(6)9(11)12/h2-25H,1H3;1-20H;2-5,11-12H,1H3. The van der Waals surface area contributed by atoms with Crippen molar-refractivity contribution in [2.24, 2.45) is 0 Å². The van der Waals surface area contributed by atoms with Crippen molar-refractivity contribution in [3.05, 3.63) is 307 Å². The molecule has 12 nitrogen and oxygen atoms in total. The summed E-state index contributed by atoms with van der Waals surface area (Å²) in [6, 6.07) is 96.6. The summed E-state index contributed by atoms with van der Waals surface area (Å²) in [4.78, 5) is 48.7. The van der Waals surface area contributed by atoms with Crippen LogP contribution in [0.1, 0.15) is 20.7 Å². The Morgan fingerprint density at radius 3 is 1.24 bits per heavy atom. The minimum absolute atomic E-state index is 0.148. The summed E-state index contributed by atoms with van der Waals surface area (Å²) >= 11 is 6.67. The second-order valence-electron chi connectivity index (χ2n) is 22.2. The monoisotopic (exact) mass is 1240 g/mol. The number of carbonyl (C=O) groups excluding carboxylic acids is 2. The molecule has 0 fully saturated rings. The number of ether oxygens (including phenoxy) is 2. The number of methoxy groups -OCH3 is 2.